The van der Waals surface area contributed by atoms with E-state index in [0.717, 1.165) is 29.8 Å². The van der Waals surface area contributed by atoms with Crippen molar-refractivity contribution in [3.8, 4) is 5.75 Å². The maximum absolute atomic E-state index is 12.8. The van der Waals surface area contributed by atoms with Crippen LogP contribution in [0.3, 0.4) is 0 Å². The second-order valence-electron chi connectivity index (χ2n) is 7.32. The smallest absolute Gasteiger partial charge is 0.257 e. The van der Waals surface area contributed by atoms with Gasteiger partial charge in [-0.3, -0.25) is 14.8 Å². The number of hydrogen-bond acceptors (Lipinski definition) is 4. The average molecular weight is 420 g/mol. The summed E-state index contributed by atoms with van der Waals surface area (Å²) in [4.78, 5) is 17.5. The van der Waals surface area contributed by atoms with Crippen LogP contribution in [0.4, 0.5) is 5.69 Å². The summed E-state index contributed by atoms with van der Waals surface area (Å²) >= 11 is 0. The van der Waals surface area contributed by atoms with Crippen molar-refractivity contribution >= 4 is 17.6 Å². The number of benzene rings is 2. The molecular formula is C24H29N5O2. The fourth-order valence-corrected chi connectivity index (χ4v) is 3.17. The summed E-state index contributed by atoms with van der Waals surface area (Å²) in [6.07, 6.45) is 3.02. The van der Waals surface area contributed by atoms with Gasteiger partial charge in [-0.05, 0) is 44.5 Å². The molecule has 162 valence electrons. The SMILES string of the molecule is CCCn1cc(CN=C(NC(=O)c2cccc(C)c2)Nc2ccccc2OC)c(C)n1. The predicted octanol–water partition coefficient (Wildman–Crippen LogP) is 4.32. The maximum Gasteiger partial charge on any atom is 0.257 e. The Kier molecular flexibility index (Phi) is 7.43. The molecule has 2 N–H and O–H groups in total. The predicted molar refractivity (Wildman–Crippen MR) is 124 cm³/mol. The van der Waals surface area contributed by atoms with E-state index in [4.69, 9.17) is 4.74 Å². The number of carbonyl (C=O) groups is 1. The van der Waals surface area contributed by atoms with Gasteiger partial charge < -0.3 is 10.1 Å². The minimum absolute atomic E-state index is 0.233. The quantitative estimate of drug-likeness (QED) is 0.442. The number of hydrogen-bond donors (Lipinski definition) is 2. The van der Waals surface area contributed by atoms with Crippen molar-refractivity contribution in [3.05, 3.63) is 77.1 Å². The first kappa shape index (κ1) is 22.1. The van der Waals surface area contributed by atoms with Crippen molar-refractivity contribution in [2.24, 2.45) is 4.99 Å². The number of guanidine groups is 1. The van der Waals surface area contributed by atoms with Crippen LogP contribution in [0.2, 0.25) is 0 Å². The van der Waals surface area contributed by atoms with Gasteiger partial charge in [0.25, 0.3) is 5.91 Å². The molecule has 0 radical (unpaired) electrons. The molecule has 1 aromatic heterocycles. The van der Waals surface area contributed by atoms with Gasteiger partial charge in [0, 0.05) is 23.9 Å². The fourth-order valence-electron chi connectivity index (χ4n) is 3.17. The Morgan fingerprint density at radius 1 is 1.16 bits per heavy atom. The van der Waals surface area contributed by atoms with Crippen LogP contribution in [0, 0.1) is 13.8 Å². The van der Waals surface area contributed by atoms with Crippen molar-refractivity contribution in [1.82, 2.24) is 15.1 Å². The maximum atomic E-state index is 12.8. The third kappa shape index (κ3) is 5.94. The Morgan fingerprint density at radius 3 is 2.71 bits per heavy atom. The lowest BCUT2D eigenvalue weighted by Crippen LogP contribution is -2.36. The number of methoxy groups -OCH3 is 1. The normalized spacial score (nSPS) is 11.3. The highest BCUT2D eigenvalue weighted by Gasteiger charge is 2.12. The van der Waals surface area contributed by atoms with Crippen LogP contribution in [-0.4, -0.2) is 28.8 Å². The van der Waals surface area contributed by atoms with E-state index in [-0.39, 0.29) is 5.91 Å². The number of anilines is 1. The fraction of sp³-hybridized carbons (Fsp3) is 0.292. The van der Waals surface area contributed by atoms with Crippen LogP contribution >= 0.6 is 0 Å². The second kappa shape index (κ2) is 10.4. The Labute approximate surface area is 183 Å². The van der Waals surface area contributed by atoms with E-state index in [9.17, 15) is 4.79 Å². The molecule has 0 atom stereocenters. The molecule has 0 saturated carbocycles. The minimum atomic E-state index is -0.233. The zero-order valence-corrected chi connectivity index (χ0v) is 18.5. The van der Waals surface area contributed by atoms with Crippen molar-refractivity contribution in [1.29, 1.82) is 0 Å². The summed E-state index contributed by atoms with van der Waals surface area (Å²) in [5.41, 5.74) is 4.24. The number of ether oxygens (including phenoxy) is 1. The lowest BCUT2D eigenvalue weighted by atomic mass is 10.1. The third-order valence-electron chi connectivity index (χ3n) is 4.78. The zero-order chi connectivity index (χ0) is 22.2. The van der Waals surface area contributed by atoms with Crippen molar-refractivity contribution < 1.29 is 9.53 Å². The zero-order valence-electron chi connectivity index (χ0n) is 18.5. The molecule has 7 heteroatoms. The molecule has 3 rings (SSSR count). The highest BCUT2D eigenvalue weighted by molar-refractivity contribution is 6.10. The summed E-state index contributed by atoms with van der Waals surface area (Å²) in [6.45, 7) is 7.29. The minimum Gasteiger partial charge on any atom is -0.495 e. The van der Waals surface area contributed by atoms with E-state index in [1.54, 1.807) is 13.2 Å². The van der Waals surface area contributed by atoms with Gasteiger partial charge in [0.15, 0.2) is 0 Å². The largest absolute Gasteiger partial charge is 0.495 e. The number of nitrogens with zero attached hydrogens (tertiary/aromatic N) is 3. The average Bonchev–Trinajstić information content (AvgIpc) is 3.11. The Bertz CT molecular complexity index is 1070. The molecule has 0 aliphatic rings. The molecule has 3 aromatic rings. The summed E-state index contributed by atoms with van der Waals surface area (Å²) in [5.74, 6) is 0.772. The summed E-state index contributed by atoms with van der Waals surface area (Å²) in [6, 6.07) is 14.9. The number of rotatable bonds is 7. The molecular weight excluding hydrogens is 390 g/mol. The number of aryl methyl sites for hydroxylation is 3. The standard InChI is InChI=1S/C24H29N5O2/c1-5-13-29-16-20(18(3)28-29)15-25-24(26-21-11-6-7-12-22(21)31-4)27-23(30)19-10-8-9-17(2)14-19/h6-12,14,16H,5,13,15H2,1-4H3,(H2,25,26,27,30). The van der Waals surface area contributed by atoms with Crippen LogP contribution in [0.25, 0.3) is 0 Å². The Morgan fingerprint density at radius 2 is 1.97 bits per heavy atom. The lowest BCUT2D eigenvalue weighted by molar-refractivity contribution is 0.0977. The van der Waals surface area contributed by atoms with E-state index in [0.29, 0.717) is 29.5 Å². The van der Waals surface area contributed by atoms with Crippen LogP contribution in [0.15, 0.2) is 59.7 Å². The molecule has 0 bridgehead atoms. The number of aliphatic imine (C=N–C) groups is 1. The summed E-state index contributed by atoms with van der Waals surface area (Å²) in [5, 5.41) is 10.6. The Hall–Kier alpha value is -3.61. The number of aromatic nitrogens is 2. The highest BCUT2D eigenvalue weighted by Crippen LogP contribution is 2.23. The number of para-hydroxylation sites is 2. The van der Waals surface area contributed by atoms with Crippen molar-refractivity contribution in [3.63, 3.8) is 0 Å². The van der Waals surface area contributed by atoms with E-state index < -0.39 is 0 Å². The summed E-state index contributed by atoms with van der Waals surface area (Å²) < 4.78 is 7.35. The van der Waals surface area contributed by atoms with Crippen LogP contribution in [-0.2, 0) is 13.1 Å². The van der Waals surface area contributed by atoms with Gasteiger partial charge in [-0.25, -0.2) is 4.99 Å². The van der Waals surface area contributed by atoms with Gasteiger partial charge in [-0.1, -0.05) is 36.8 Å². The highest BCUT2D eigenvalue weighted by atomic mass is 16.5. The van der Waals surface area contributed by atoms with E-state index in [1.165, 1.54) is 0 Å². The molecule has 1 amide bonds. The molecule has 1 heterocycles. The monoisotopic (exact) mass is 419 g/mol. The lowest BCUT2D eigenvalue weighted by Gasteiger charge is -2.14. The molecule has 2 aromatic carbocycles. The second-order valence-corrected chi connectivity index (χ2v) is 7.32. The molecule has 0 unspecified atom stereocenters. The summed E-state index contributed by atoms with van der Waals surface area (Å²) in [7, 11) is 1.61. The molecule has 0 spiro atoms. The van der Waals surface area contributed by atoms with E-state index in [2.05, 4.69) is 27.6 Å². The van der Waals surface area contributed by atoms with Gasteiger partial charge in [0.2, 0.25) is 5.96 Å². The molecule has 0 aliphatic carbocycles. The third-order valence-corrected chi connectivity index (χ3v) is 4.78. The van der Waals surface area contributed by atoms with Gasteiger partial charge in [-0.15, -0.1) is 0 Å². The van der Waals surface area contributed by atoms with E-state index in [1.807, 2.05) is 67.2 Å². The van der Waals surface area contributed by atoms with E-state index >= 15 is 0 Å². The molecule has 31 heavy (non-hydrogen) atoms. The molecule has 0 fully saturated rings. The van der Waals surface area contributed by atoms with Gasteiger partial charge in [0.1, 0.15) is 5.75 Å². The first-order valence-corrected chi connectivity index (χ1v) is 10.4. The number of amides is 1. The topological polar surface area (TPSA) is 80.5 Å². The van der Waals surface area contributed by atoms with Crippen LogP contribution in [0.1, 0.15) is 40.5 Å². The molecule has 7 nitrogen and oxygen atoms in total. The van der Waals surface area contributed by atoms with Crippen molar-refractivity contribution in [2.75, 3.05) is 12.4 Å². The number of nitrogens with one attached hydrogen (secondary N) is 2. The van der Waals surface area contributed by atoms with Crippen LogP contribution < -0.4 is 15.4 Å². The van der Waals surface area contributed by atoms with Gasteiger partial charge >= 0.3 is 0 Å². The number of carbonyl (C=O) groups excluding carboxylic acids is 1. The van der Waals surface area contributed by atoms with Gasteiger partial charge in [-0.2, -0.15) is 5.10 Å². The first-order chi connectivity index (χ1) is 15.0. The molecule has 0 aliphatic heterocycles. The first-order valence-electron chi connectivity index (χ1n) is 10.4. The van der Waals surface area contributed by atoms with Crippen molar-refractivity contribution in [2.45, 2.75) is 40.3 Å². The van der Waals surface area contributed by atoms with Gasteiger partial charge in [0.05, 0.1) is 25.0 Å². The Balaban J connectivity index is 1.86. The van der Waals surface area contributed by atoms with Crippen LogP contribution in [0.5, 0.6) is 5.75 Å². The molecule has 0 saturated heterocycles.